The first-order chi connectivity index (χ1) is 11.9. The van der Waals surface area contributed by atoms with Gasteiger partial charge in [0.15, 0.2) is 0 Å². The molecule has 0 saturated carbocycles. The summed E-state index contributed by atoms with van der Waals surface area (Å²) in [5.41, 5.74) is 3.31. The molecule has 132 valence electrons. The van der Waals surface area contributed by atoms with E-state index in [-0.39, 0.29) is 16.7 Å². The van der Waals surface area contributed by atoms with Gasteiger partial charge in [0, 0.05) is 17.9 Å². The Morgan fingerprint density at radius 3 is 2.52 bits per heavy atom. The largest absolute Gasteiger partial charge is 0.497 e. The average molecular weight is 356 g/mol. The van der Waals surface area contributed by atoms with E-state index in [1.54, 1.807) is 7.11 Å². The van der Waals surface area contributed by atoms with Gasteiger partial charge in [0.2, 0.25) is 0 Å². The molecule has 0 bridgehead atoms. The number of methoxy groups -OCH3 is 1. The zero-order valence-electron chi connectivity index (χ0n) is 15.3. The normalized spacial score (nSPS) is 17.6. The van der Waals surface area contributed by atoms with Crippen LogP contribution in [0.25, 0.3) is 0 Å². The maximum absolute atomic E-state index is 13.0. The van der Waals surface area contributed by atoms with Crippen molar-refractivity contribution in [1.29, 1.82) is 0 Å². The minimum absolute atomic E-state index is 0.0637. The van der Waals surface area contributed by atoms with E-state index in [4.69, 9.17) is 4.74 Å². The molecule has 1 amide bonds. The van der Waals surface area contributed by atoms with Crippen LogP contribution in [0.15, 0.2) is 48.5 Å². The predicted octanol–water partition coefficient (Wildman–Crippen LogP) is 4.88. The van der Waals surface area contributed by atoms with Crippen LogP contribution in [0.2, 0.25) is 0 Å². The lowest BCUT2D eigenvalue weighted by atomic mass is 9.86. The molecular weight excluding hydrogens is 330 g/mol. The molecule has 0 unspecified atom stereocenters. The Morgan fingerprint density at radius 2 is 1.88 bits per heavy atom. The van der Waals surface area contributed by atoms with Crippen LogP contribution < -0.4 is 4.74 Å². The highest BCUT2D eigenvalue weighted by Gasteiger charge is 2.31. The summed E-state index contributed by atoms with van der Waals surface area (Å²) in [7, 11) is 1.62. The number of amides is 1. The molecule has 0 radical (unpaired) electrons. The maximum Gasteiger partial charge on any atom is 0.255 e. The van der Waals surface area contributed by atoms with Gasteiger partial charge in [-0.1, -0.05) is 51.1 Å². The smallest absolute Gasteiger partial charge is 0.255 e. The number of hydrogen-bond donors (Lipinski definition) is 0. The van der Waals surface area contributed by atoms with Gasteiger partial charge in [0.25, 0.3) is 5.91 Å². The molecule has 1 heterocycles. The Labute approximate surface area is 154 Å². The molecule has 0 aromatic heterocycles. The molecule has 2 aromatic carbocycles. The van der Waals surface area contributed by atoms with Gasteiger partial charge in [0.05, 0.1) is 7.11 Å². The Hall–Kier alpha value is -1.94. The van der Waals surface area contributed by atoms with Crippen LogP contribution in [0.5, 0.6) is 5.75 Å². The Kier molecular flexibility index (Phi) is 5.09. The van der Waals surface area contributed by atoms with Crippen molar-refractivity contribution < 1.29 is 9.53 Å². The SMILES string of the molecule is COc1cccc(C(=O)N2CCS[C@H]2c2ccc(C(C)(C)C)cc2)c1. The van der Waals surface area contributed by atoms with Gasteiger partial charge in [-0.2, -0.15) is 0 Å². The van der Waals surface area contributed by atoms with E-state index >= 15 is 0 Å². The molecule has 2 aromatic rings. The second kappa shape index (κ2) is 7.12. The van der Waals surface area contributed by atoms with Gasteiger partial charge in [0.1, 0.15) is 11.1 Å². The van der Waals surface area contributed by atoms with Gasteiger partial charge >= 0.3 is 0 Å². The van der Waals surface area contributed by atoms with Gasteiger partial charge in [-0.15, -0.1) is 11.8 Å². The van der Waals surface area contributed by atoms with Crippen molar-refractivity contribution in [3.05, 3.63) is 65.2 Å². The van der Waals surface area contributed by atoms with Gasteiger partial charge in [-0.25, -0.2) is 0 Å². The Bertz CT molecular complexity index is 749. The van der Waals surface area contributed by atoms with Crippen molar-refractivity contribution in [2.24, 2.45) is 0 Å². The highest BCUT2D eigenvalue weighted by Crippen LogP contribution is 2.39. The highest BCUT2D eigenvalue weighted by atomic mass is 32.2. The third kappa shape index (κ3) is 3.84. The van der Waals surface area contributed by atoms with Crippen LogP contribution >= 0.6 is 11.8 Å². The van der Waals surface area contributed by atoms with Crippen molar-refractivity contribution in [2.45, 2.75) is 31.6 Å². The molecule has 0 aliphatic carbocycles. The zero-order valence-corrected chi connectivity index (χ0v) is 16.1. The van der Waals surface area contributed by atoms with Crippen LogP contribution in [0, 0.1) is 0 Å². The third-order valence-corrected chi connectivity index (χ3v) is 5.79. The maximum atomic E-state index is 13.0. The summed E-state index contributed by atoms with van der Waals surface area (Å²) in [5, 5.41) is 0.0766. The summed E-state index contributed by atoms with van der Waals surface area (Å²) in [4.78, 5) is 14.9. The number of nitrogens with zero attached hydrogens (tertiary/aromatic N) is 1. The van der Waals surface area contributed by atoms with Crippen LogP contribution in [0.4, 0.5) is 0 Å². The molecule has 0 N–H and O–H groups in total. The van der Waals surface area contributed by atoms with E-state index in [2.05, 4.69) is 45.0 Å². The molecule has 1 fully saturated rings. The van der Waals surface area contributed by atoms with Gasteiger partial charge < -0.3 is 9.64 Å². The first-order valence-electron chi connectivity index (χ1n) is 8.57. The van der Waals surface area contributed by atoms with Crippen LogP contribution in [-0.2, 0) is 5.41 Å². The Morgan fingerprint density at radius 1 is 1.16 bits per heavy atom. The van der Waals surface area contributed by atoms with E-state index in [1.807, 2.05) is 40.9 Å². The number of carbonyl (C=O) groups is 1. The first-order valence-corrected chi connectivity index (χ1v) is 9.62. The van der Waals surface area contributed by atoms with E-state index in [1.165, 1.54) is 11.1 Å². The lowest BCUT2D eigenvalue weighted by Gasteiger charge is -2.25. The van der Waals surface area contributed by atoms with Crippen molar-refractivity contribution in [3.8, 4) is 5.75 Å². The lowest BCUT2D eigenvalue weighted by Crippen LogP contribution is -2.30. The molecule has 1 saturated heterocycles. The van der Waals surface area contributed by atoms with E-state index in [0.717, 1.165) is 12.3 Å². The average Bonchev–Trinajstić information content (AvgIpc) is 3.10. The fourth-order valence-corrected chi connectivity index (χ4v) is 4.28. The van der Waals surface area contributed by atoms with Crippen LogP contribution in [0.3, 0.4) is 0 Å². The quantitative estimate of drug-likeness (QED) is 0.786. The van der Waals surface area contributed by atoms with Crippen molar-refractivity contribution in [2.75, 3.05) is 19.4 Å². The number of rotatable bonds is 3. The van der Waals surface area contributed by atoms with Crippen LogP contribution in [-0.4, -0.2) is 30.2 Å². The lowest BCUT2D eigenvalue weighted by molar-refractivity contribution is 0.0760. The monoisotopic (exact) mass is 355 g/mol. The molecule has 25 heavy (non-hydrogen) atoms. The van der Waals surface area contributed by atoms with E-state index < -0.39 is 0 Å². The molecule has 1 aliphatic rings. The number of carbonyl (C=O) groups excluding carboxylic acids is 1. The summed E-state index contributed by atoms with van der Waals surface area (Å²) in [5.74, 6) is 1.74. The predicted molar refractivity (Wildman–Crippen MR) is 104 cm³/mol. The summed E-state index contributed by atoms with van der Waals surface area (Å²) < 4.78 is 5.25. The summed E-state index contributed by atoms with van der Waals surface area (Å²) >= 11 is 1.82. The molecule has 3 nitrogen and oxygen atoms in total. The molecule has 1 aliphatic heterocycles. The second-order valence-corrected chi connectivity index (χ2v) is 8.51. The minimum atomic E-state index is 0.0637. The Balaban J connectivity index is 1.83. The number of thioether (sulfide) groups is 1. The first kappa shape index (κ1) is 17.9. The standard InChI is InChI=1S/C21H25NO2S/c1-21(2,3)17-10-8-15(9-11-17)20-22(12-13-25-20)19(23)16-6-5-7-18(14-16)24-4/h5-11,14,20H,12-13H2,1-4H3/t20-/m0/s1. The fourth-order valence-electron chi connectivity index (χ4n) is 3.02. The fraction of sp³-hybridized carbons (Fsp3) is 0.381. The van der Waals surface area contributed by atoms with E-state index in [9.17, 15) is 4.79 Å². The van der Waals surface area contributed by atoms with Crippen molar-refractivity contribution in [1.82, 2.24) is 4.90 Å². The third-order valence-electron chi connectivity index (χ3n) is 4.53. The summed E-state index contributed by atoms with van der Waals surface area (Å²) in [6, 6.07) is 16.1. The second-order valence-electron chi connectivity index (χ2n) is 7.33. The highest BCUT2D eigenvalue weighted by molar-refractivity contribution is 7.99. The number of ether oxygens (including phenoxy) is 1. The van der Waals surface area contributed by atoms with Crippen molar-refractivity contribution in [3.63, 3.8) is 0 Å². The summed E-state index contributed by atoms with van der Waals surface area (Å²) in [6.45, 7) is 7.41. The molecule has 4 heteroatoms. The summed E-state index contributed by atoms with van der Waals surface area (Å²) in [6.07, 6.45) is 0. The topological polar surface area (TPSA) is 29.5 Å². The molecule has 1 atom stereocenters. The van der Waals surface area contributed by atoms with Crippen LogP contribution in [0.1, 0.15) is 47.6 Å². The van der Waals surface area contributed by atoms with Crippen molar-refractivity contribution >= 4 is 17.7 Å². The minimum Gasteiger partial charge on any atom is -0.497 e. The zero-order chi connectivity index (χ0) is 18.0. The molecular formula is C21H25NO2S. The molecule has 0 spiro atoms. The van der Waals surface area contributed by atoms with E-state index in [0.29, 0.717) is 11.3 Å². The number of hydrogen-bond acceptors (Lipinski definition) is 3. The number of benzene rings is 2. The van der Waals surface area contributed by atoms with Gasteiger partial charge in [-0.3, -0.25) is 4.79 Å². The molecule has 3 rings (SSSR count). The van der Waals surface area contributed by atoms with Gasteiger partial charge in [-0.05, 0) is 34.7 Å².